The fraction of sp³-hybridized carbons (Fsp3) is 0.312. The first-order valence-corrected chi connectivity index (χ1v) is 6.53. The van der Waals surface area contributed by atoms with E-state index >= 15 is 0 Å². The van der Waals surface area contributed by atoms with Crippen molar-refractivity contribution in [1.82, 2.24) is 5.32 Å². The quantitative estimate of drug-likeness (QED) is 0.899. The maximum Gasteiger partial charge on any atom is 0.407 e. The number of hydrogen-bond acceptors (Lipinski definition) is 2. The molecule has 100 valence electrons. The molecule has 2 rings (SSSR count). The van der Waals surface area contributed by atoms with Gasteiger partial charge in [0.25, 0.3) is 0 Å². The maximum absolute atomic E-state index is 11.7. The van der Waals surface area contributed by atoms with Gasteiger partial charge in [-0.15, -0.1) is 0 Å². The van der Waals surface area contributed by atoms with Crippen LogP contribution < -0.4 is 5.32 Å². The molecular formula is C16H19NO2. The molecule has 1 atom stereocenters. The molecule has 3 heteroatoms. The molecule has 1 unspecified atom stereocenters. The number of carbonyl (C=O) groups is 1. The highest BCUT2D eigenvalue weighted by molar-refractivity contribution is 5.80. The van der Waals surface area contributed by atoms with Gasteiger partial charge in [0, 0.05) is 0 Å². The highest BCUT2D eigenvalue weighted by Gasteiger charge is 2.32. The van der Waals surface area contributed by atoms with Crippen LogP contribution in [-0.2, 0) is 4.74 Å². The number of rotatable bonds is 3. The van der Waals surface area contributed by atoms with E-state index in [0.717, 1.165) is 17.6 Å². The molecule has 0 saturated carbocycles. The average Bonchev–Trinajstić information content (AvgIpc) is 2.40. The minimum atomic E-state index is -0.428. The van der Waals surface area contributed by atoms with Gasteiger partial charge in [-0.05, 0) is 31.4 Å². The largest absolute Gasteiger partial charge is 0.450 e. The maximum atomic E-state index is 11.7. The Labute approximate surface area is 114 Å². The molecule has 3 nitrogen and oxygen atoms in total. The summed E-state index contributed by atoms with van der Waals surface area (Å²) in [6.07, 6.45) is 6.51. The van der Waals surface area contributed by atoms with Gasteiger partial charge in [0.05, 0.1) is 12.1 Å². The van der Waals surface area contributed by atoms with Crippen LogP contribution in [0.2, 0.25) is 0 Å². The lowest BCUT2D eigenvalue weighted by Crippen LogP contribution is -2.47. The number of allylic oxidation sites excluding steroid dienone is 2. The second-order valence-corrected chi connectivity index (χ2v) is 4.76. The Balaban J connectivity index is 2.26. The monoisotopic (exact) mass is 257 g/mol. The third-order valence-corrected chi connectivity index (χ3v) is 3.26. The molecular weight excluding hydrogens is 238 g/mol. The Morgan fingerprint density at radius 2 is 2.11 bits per heavy atom. The number of nitrogens with one attached hydrogen (secondary N) is 1. The zero-order chi connectivity index (χ0) is 13.7. The number of carbonyl (C=O) groups excluding carboxylic acids is 1. The predicted molar refractivity (Wildman–Crippen MR) is 76.7 cm³/mol. The van der Waals surface area contributed by atoms with E-state index in [-0.39, 0.29) is 6.09 Å². The van der Waals surface area contributed by atoms with Gasteiger partial charge in [0.15, 0.2) is 0 Å². The minimum absolute atomic E-state index is 0.373. The van der Waals surface area contributed by atoms with E-state index in [1.54, 1.807) is 6.92 Å². The molecule has 0 heterocycles. The topological polar surface area (TPSA) is 38.3 Å². The summed E-state index contributed by atoms with van der Waals surface area (Å²) in [5, 5.41) is 2.96. The highest BCUT2D eigenvalue weighted by atomic mass is 16.5. The minimum Gasteiger partial charge on any atom is -0.450 e. The number of alkyl carbamates (subject to hydrolysis) is 1. The predicted octanol–water partition coefficient (Wildman–Crippen LogP) is 3.53. The van der Waals surface area contributed by atoms with Gasteiger partial charge < -0.3 is 10.1 Å². The SMILES string of the molecule is CCOC(=O)NC1(C)CC=CC=C1c1ccccc1. The van der Waals surface area contributed by atoms with Gasteiger partial charge in [-0.2, -0.15) is 0 Å². The summed E-state index contributed by atoms with van der Waals surface area (Å²) in [6, 6.07) is 10.1. The summed E-state index contributed by atoms with van der Waals surface area (Å²) in [4.78, 5) is 11.7. The van der Waals surface area contributed by atoms with Crippen LogP contribution in [0, 0.1) is 0 Å². The van der Waals surface area contributed by atoms with Crippen molar-refractivity contribution in [2.24, 2.45) is 0 Å². The Morgan fingerprint density at radius 3 is 2.79 bits per heavy atom. The first kappa shape index (κ1) is 13.4. The fourth-order valence-corrected chi connectivity index (χ4v) is 2.31. The van der Waals surface area contributed by atoms with Gasteiger partial charge in [0.1, 0.15) is 0 Å². The van der Waals surface area contributed by atoms with Crippen LogP contribution in [0.25, 0.3) is 5.57 Å². The van der Waals surface area contributed by atoms with Crippen LogP contribution in [0.5, 0.6) is 0 Å². The number of hydrogen-bond donors (Lipinski definition) is 1. The summed E-state index contributed by atoms with van der Waals surface area (Å²) in [5.41, 5.74) is 1.79. The summed E-state index contributed by atoms with van der Waals surface area (Å²) in [5.74, 6) is 0. The van der Waals surface area contributed by atoms with Gasteiger partial charge in [-0.1, -0.05) is 48.6 Å². The summed E-state index contributed by atoms with van der Waals surface area (Å²) in [6.45, 7) is 4.20. The van der Waals surface area contributed by atoms with E-state index in [9.17, 15) is 4.79 Å². The van der Waals surface area contributed by atoms with Crippen molar-refractivity contribution in [3.05, 3.63) is 54.1 Å². The number of amides is 1. The van der Waals surface area contributed by atoms with Crippen molar-refractivity contribution in [2.45, 2.75) is 25.8 Å². The van der Waals surface area contributed by atoms with E-state index in [1.165, 1.54) is 0 Å². The second-order valence-electron chi connectivity index (χ2n) is 4.76. The lowest BCUT2D eigenvalue weighted by atomic mass is 9.81. The molecule has 19 heavy (non-hydrogen) atoms. The molecule has 0 bridgehead atoms. The average molecular weight is 257 g/mol. The normalized spacial score (nSPS) is 21.7. The first-order valence-electron chi connectivity index (χ1n) is 6.53. The van der Waals surface area contributed by atoms with Crippen molar-refractivity contribution < 1.29 is 9.53 Å². The van der Waals surface area contributed by atoms with E-state index < -0.39 is 5.54 Å². The van der Waals surface area contributed by atoms with Crippen molar-refractivity contribution in [3.63, 3.8) is 0 Å². The van der Waals surface area contributed by atoms with Crippen molar-refractivity contribution >= 4 is 11.7 Å². The Morgan fingerprint density at radius 1 is 1.37 bits per heavy atom. The van der Waals surface area contributed by atoms with Crippen molar-refractivity contribution in [1.29, 1.82) is 0 Å². The third kappa shape index (κ3) is 3.05. The third-order valence-electron chi connectivity index (χ3n) is 3.26. The second kappa shape index (κ2) is 5.74. The molecule has 1 amide bonds. The van der Waals surface area contributed by atoms with E-state index in [0.29, 0.717) is 6.61 Å². The molecule has 1 aromatic carbocycles. The van der Waals surface area contributed by atoms with Gasteiger partial charge in [0.2, 0.25) is 0 Å². The molecule has 0 aliphatic heterocycles. The fourth-order valence-electron chi connectivity index (χ4n) is 2.31. The zero-order valence-corrected chi connectivity index (χ0v) is 11.3. The van der Waals surface area contributed by atoms with Crippen molar-refractivity contribution in [2.75, 3.05) is 6.61 Å². The first-order chi connectivity index (χ1) is 9.15. The van der Waals surface area contributed by atoms with Crippen molar-refractivity contribution in [3.8, 4) is 0 Å². The Kier molecular flexibility index (Phi) is 4.05. The lowest BCUT2D eigenvalue weighted by Gasteiger charge is -2.34. The van der Waals surface area contributed by atoms with E-state index in [4.69, 9.17) is 4.74 Å². The van der Waals surface area contributed by atoms with Crippen LogP contribution in [0.4, 0.5) is 4.79 Å². The smallest absolute Gasteiger partial charge is 0.407 e. The summed E-state index contributed by atoms with van der Waals surface area (Å²) in [7, 11) is 0. The lowest BCUT2D eigenvalue weighted by molar-refractivity contribution is 0.145. The molecule has 1 aliphatic carbocycles. The van der Waals surface area contributed by atoms with Crippen LogP contribution in [0.3, 0.4) is 0 Å². The number of benzene rings is 1. The summed E-state index contributed by atoms with van der Waals surface area (Å²) >= 11 is 0. The molecule has 0 aromatic heterocycles. The Hall–Kier alpha value is -2.03. The Bertz CT molecular complexity index is 505. The van der Waals surface area contributed by atoms with Gasteiger partial charge in [-0.3, -0.25) is 0 Å². The molecule has 0 radical (unpaired) electrons. The highest BCUT2D eigenvalue weighted by Crippen LogP contribution is 2.33. The molecule has 0 fully saturated rings. The van der Waals surface area contributed by atoms with E-state index in [1.807, 2.05) is 37.3 Å². The van der Waals surface area contributed by atoms with Crippen LogP contribution in [0.15, 0.2) is 48.6 Å². The molecule has 0 spiro atoms. The van der Waals surface area contributed by atoms with Gasteiger partial charge in [-0.25, -0.2) is 4.79 Å². The molecule has 1 aliphatic rings. The standard InChI is InChI=1S/C16H19NO2/c1-3-19-15(18)17-16(2)12-8-7-11-14(16)13-9-5-4-6-10-13/h4-11H,3,12H2,1-2H3,(H,17,18). The molecule has 1 N–H and O–H groups in total. The van der Waals surface area contributed by atoms with Crippen LogP contribution in [-0.4, -0.2) is 18.2 Å². The van der Waals surface area contributed by atoms with E-state index in [2.05, 4.69) is 23.5 Å². The molecule has 0 saturated heterocycles. The van der Waals surface area contributed by atoms with Crippen LogP contribution in [0.1, 0.15) is 25.8 Å². The molecule has 1 aromatic rings. The number of ether oxygens (including phenoxy) is 1. The van der Waals surface area contributed by atoms with Gasteiger partial charge >= 0.3 is 6.09 Å². The summed E-state index contributed by atoms with van der Waals surface area (Å²) < 4.78 is 4.99. The van der Waals surface area contributed by atoms with Crippen LogP contribution >= 0.6 is 0 Å². The zero-order valence-electron chi connectivity index (χ0n) is 11.3.